The number of amides is 1. The Bertz CT molecular complexity index is 639. The number of allylic oxidation sites excluding steroid dienone is 1. The van der Waals surface area contributed by atoms with E-state index in [1.54, 1.807) is 4.90 Å². The summed E-state index contributed by atoms with van der Waals surface area (Å²) in [6.07, 6.45) is 8.42. The van der Waals surface area contributed by atoms with E-state index >= 15 is 0 Å². The van der Waals surface area contributed by atoms with Crippen molar-refractivity contribution in [3.63, 3.8) is 0 Å². The molecule has 1 aromatic carbocycles. The van der Waals surface area contributed by atoms with E-state index in [2.05, 4.69) is 17.9 Å². The molecule has 1 saturated heterocycles. The molecule has 1 aromatic rings. The lowest BCUT2D eigenvalue weighted by molar-refractivity contribution is -0.125. The number of rotatable bonds is 4. The van der Waals surface area contributed by atoms with Crippen LogP contribution in [0.4, 0.5) is 0 Å². The Balaban J connectivity index is 1.40. The van der Waals surface area contributed by atoms with Crippen molar-refractivity contribution in [3.8, 4) is 23.3 Å². The highest BCUT2D eigenvalue weighted by atomic mass is 16.7. The second-order valence-corrected chi connectivity index (χ2v) is 5.34. The van der Waals surface area contributed by atoms with Crippen LogP contribution in [0.3, 0.4) is 0 Å². The molecule has 114 valence electrons. The highest BCUT2D eigenvalue weighted by Crippen LogP contribution is 2.32. The molecule has 0 saturated carbocycles. The maximum atomic E-state index is 11.4. The normalized spacial score (nSPS) is 16.2. The first kappa shape index (κ1) is 14.5. The highest BCUT2D eigenvalue weighted by Gasteiger charge is 2.16. The van der Waals surface area contributed by atoms with Gasteiger partial charge in [0.2, 0.25) is 12.7 Å². The quantitative estimate of drug-likeness (QED) is 0.633. The van der Waals surface area contributed by atoms with Crippen LogP contribution < -0.4 is 9.47 Å². The predicted molar refractivity (Wildman–Crippen MR) is 83.4 cm³/mol. The van der Waals surface area contributed by atoms with Gasteiger partial charge in [-0.2, -0.15) is 0 Å². The number of hydrogen-bond donors (Lipinski definition) is 0. The summed E-state index contributed by atoms with van der Waals surface area (Å²) >= 11 is 0. The summed E-state index contributed by atoms with van der Waals surface area (Å²) in [6.45, 7) is 1.15. The van der Waals surface area contributed by atoms with Gasteiger partial charge in [0.15, 0.2) is 11.5 Å². The van der Waals surface area contributed by atoms with Crippen molar-refractivity contribution >= 4 is 5.91 Å². The van der Waals surface area contributed by atoms with Crippen LogP contribution in [0.1, 0.15) is 37.7 Å². The second kappa shape index (κ2) is 7.04. The Kier molecular flexibility index (Phi) is 4.65. The SMILES string of the molecule is O=C1CCCN1/C=C/CCCC#Cc1ccc2c(c1)OCO2. The van der Waals surface area contributed by atoms with E-state index in [4.69, 9.17) is 9.47 Å². The van der Waals surface area contributed by atoms with Gasteiger partial charge >= 0.3 is 0 Å². The van der Waals surface area contributed by atoms with Gasteiger partial charge in [0.25, 0.3) is 0 Å². The number of carbonyl (C=O) groups excluding carboxylic acids is 1. The molecule has 3 rings (SSSR count). The molecular weight excluding hydrogens is 278 g/mol. The lowest BCUT2D eigenvalue weighted by Crippen LogP contribution is -2.17. The third-order valence-corrected chi connectivity index (χ3v) is 3.67. The molecule has 0 spiro atoms. The predicted octanol–water partition coefficient (Wildman–Crippen LogP) is 3.07. The van der Waals surface area contributed by atoms with Crippen LogP contribution >= 0.6 is 0 Å². The first-order valence-electron chi connectivity index (χ1n) is 7.67. The van der Waals surface area contributed by atoms with Crippen LogP contribution in [-0.2, 0) is 4.79 Å². The fraction of sp³-hybridized carbons (Fsp3) is 0.389. The summed E-state index contributed by atoms with van der Waals surface area (Å²) < 4.78 is 10.6. The molecule has 4 nitrogen and oxygen atoms in total. The number of unbranched alkanes of at least 4 members (excludes halogenated alkanes) is 2. The maximum Gasteiger partial charge on any atom is 0.231 e. The standard InChI is InChI=1S/C18H19NO3/c20-18-8-6-12-19(18)11-5-3-1-2-4-7-15-9-10-16-17(13-15)22-14-21-16/h5,9-11,13H,1-3,6,8,12,14H2/b11-5+. The molecule has 0 atom stereocenters. The zero-order valence-electron chi connectivity index (χ0n) is 12.5. The molecule has 2 aliphatic heterocycles. The molecule has 0 aliphatic carbocycles. The topological polar surface area (TPSA) is 38.8 Å². The highest BCUT2D eigenvalue weighted by molar-refractivity contribution is 5.79. The third kappa shape index (κ3) is 3.62. The first-order chi connectivity index (χ1) is 10.8. The maximum absolute atomic E-state index is 11.4. The van der Waals surface area contributed by atoms with Crippen molar-refractivity contribution in [3.05, 3.63) is 36.0 Å². The smallest absolute Gasteiger partial charge is 0.231 e. The van der Waals surface area contributed by atoms with E-state index in [0.29, 0.717) is 6.42 Å². The lowest BCUT2D eigenvalue weighted by atomic mass is 10.2. The minimum absolute atomic E-state index is 0.235. The average Bonchev–Trinajstić information content (AvgIpc) is 3.15. The van der Waals surface area contributed by atoms with Gasteiger partial charge in [0.1, 0.15) is 0 Å². The van der Waals surface area contributed by atoms with Crippen molar-refractivity contribution < 1.29 is 14.3 Å². The fourth-order valence-electron chi connectivity index (χ4n) is 2.48. The lowest BCUT2D eigenvalue weighted by Gasteiger charge is -2.07. The van der Waals surface area contributed by atoms with Gasteiger partial charge in [-0.25, -0.2) is 0 Å². The summed E-state index contributed by atoms with van der Waals surface area (Å²) in [5, 5.41) is 0. The van der Waals surface area contributed by atoms with Gasteiger partial charge in [-0.15, -0.1) is 0 Å². The van der Waals surface area contributed by atoms with Crippen LogP contribution in [0.15, 0.2) is 30.5 Å². The zero-order valence-corrected chi connectivity index (χ0v) is 12.5. The molecular formula is C18H19NO3. The Morgan fingerprint density at radius 1 is 1.27 bits per heavy atom. The van der Waals surface area contributed by atoms with Crippen LogP contribution in [0.2, 0.25) is 0 Å². The van der Waals surface area contributed by atoms with E-state index in [0.717, 1.165) is 49.3 Å². The van der Waals surface area contributed by atoms with E-state index in [1.807, 2.05) is 24.4 Å². The minimum atomic E-state index is 0.235. The number of benzene rings is 1. The van der Waals surface area contributed by atoms with E-state index in [-0.39, 0.29) is 12.7 Å². The van der Waals surface area contributed by atoms with E-state index in [9.17, 15) is 4.79 Å². The summed E-state index contributed by atoms with van der Waals surface area (Å²) in [5.41, 5.74) is 0.947. The fourth-order valence-corrected chi connectivity index (χ4v) is 2.48. The minimum Gasteiger partial charge on any atom is -0.454 e. The van der Waals surface area contributed by atoms with Gasteiger partial charge in [-0.05, 0) is 37.5 Å². The molecule has 2 aliphatic rings. The number of hydrogen-bond acceptors (Lipinski definition) is 3. The Morgan fingerprint density at radius 3 is 3.05 bits per heavy atom. The van der Waals surface area contributed by atoms with Crippen molar-refractivity contribution in [1.82, 2.24) is 4.90 Å². The van der Waals surface area contributed by atoms with Crippen molar-refractivity contribution in [2.45, 2.75) is 32.1 Å². The molecule has 0 N–H and O–H groups in total. The van der Waals surface area contributed by atoms with Crippen molar-refractivity contribution in [2.75, 3.05) is 13.3 Å². The zero-order chi connectivity index (χ0) is 15.2. The number of ether oxygens (including phenoxy) is 2. The number of fused-ring (bicyclic) bond motifs is 1. The monoisotopic (exact) mass is 297 g/mol. The molecule has 0 aromatic heterocycles. The van der Waals surface area contributed by atoms with Gasteiger partial charge in [-0.1, -0.05) is 17.9 Å². The van der Waals surface area contributed by atoms with Crippen LogP contribution in [0, 0.1) is 11.8 Å². The third-order valence-electron chi connectivity index (χ3n) is 3.67. The van der Waals surface area contributed by atoms with Gasteiger partial charge in [0.05, 0.1) is 0 Å². The summed E-state index contributed by atoms with van der Waals surface area (Å²) in [7, 11) is 0. The molecule has 1 fully saturated rings. The first-order valence-corrected chi connectivity index (χ1v) is 7.67. The van der Waals surface area contributed by atoms with Gasteiger partial charge < -0.3 is 14.4 Å². The van der Waals surface area contributed by atoms with Gasteiger partial charge in [0, 0.05) is 31.1 Å². The molecule has 4 heteroatoms. The number of nitrogens with zero attached hydrogens (tertiary/aromatic N) is 1. The number of carbonyl (C=O) groups is 1. The molecule has 0 unspecified atom stereocenters. The Labute approximate surface area is 130 Å². The van der Waals surface area contributed by atoms with Crippen LogP contribution in [-0.4, -0.2) is 24.1 Å². The molecule has 2 heterocycles. The Hall–Kier alpha value is -2.41. The molecule has 0 bridgehead atoms. The largest absolute Gasteiger partial charge is 0.454 e. The number of likely N-dealkylation sites (tertiary alicyclic amines) is 1. The van der Waals surface area contributed by atoms with E-state index in [1.165, 1.54) is 0 Å². The van der Waals surface area contributed by atoms with Crippen LogP contribution in [0.25, 0.3) is 0 Å². The molecule has 22 heavy (non-hydrogen) atoms. The summed E-state index contributed by atoms with van der Waals surface area (Å²) in [4.78, 5) is 13.2. The van der Waals surface area contributed by atoms with E-state index < -0.39 is 0 Å². The summed E-state index contributed by atoms with van der Waals surface area (Å²) in [5.74, 6) is 8.10. The van der Waals surface area contributed by atoms with Gasteiger partial charge in [-0.3, -0.25) is 4.79 Å². The molecule has 1 amide bonds. The summed E-state index contributed by atoms with van der Waals surface area (Å²) in [6, 6.07) is 5.75. The second-order valence-electron chi connectivity index (χ2n) is 5.34. The Morgan fingerprint density at radius 2 is 2.18 bits per heavy atom. The van der Waals surface area contributed by atoms with Crippen molar-refractivity contribution in [1.29, 1.82) is 0 Å². The average molecular weight is 297 g/mol. The van der Waals surface area contributed by atoms with Crippen LogP contribution in [0.5, 0.6) is 11.5 Å². The van der Waals surface area contributed by atoms with Crippen molar-refractivity contribution in [2.24, 2.45) is 0 Å². The molecule has 0 radical (unpaired) electrons.